The van der Waals surface area contributed by atoms with E-state index in [1.807, 2.05) is 0 Å². The molecular weight excluding hydrogens is 392 g/mol. The van der Waals surface area contributed by atoms with Gasteiger partial charge in [0.15, 0.2) is 0 Å². The zero-order valence-electron chi connectivity index (χ0n) is 12.4. The third kappa shape index (κ3) is 5.12. The lowest BCUT2D eigenvalue weighted by Crippen LogP contribution is -1.93. The number of halogens is 3. The second kappa shape index (κ2) is 7.77. The van der Waals surface area contributed by atoms with Crippen molar-refractivity contribution in [1.29, 1.82) is 0 Å². The lowest BCUT2D eigenvalue weighted by Gasteiger charge is -2.00. The van der Waals surface area contributed by atoms with Crippen molar-refractivity contribution in [2.24, 2.45) is 0 Å². The molecule has 0 saturated heterocycles. The predicted octanol–water partition coefficient (Wildman–Crippen LogP) is 5.29. The number of nitro groups is 1. The van der Waals surface area contributed by atoms with Gasteiger partial charge in [0, 0.05) is 12.1 Å². The van der Waals surface area contributed by atoms with E-state index in [0.29, 0.717) is 11.1 Å². The molecule has 2 aromatic rings. The van der Waals surface area contributed by atoms with Crippen molar-refractivity contribution in [3.8, 4) is 0 Å². The maximum Gasteiger partial charge on any atom is 0.333 e. The van der Waals surface area contributed by atoms with Gasteiger partial charge in [-0.15, -0.1) is 3.89 Å². The molecule has 0 heterocycles. The highest BCUT2D eigenvalue weighted by molar-refractivity contribution is 7.86. The van der Waals surface area contributed by atoms with Gasteiger partial charge >= 0.3 is 10.2 Å². The Morgan fingerprint density at radius 1 is 1.00 bits per heavy atom. The van der Waals surface area contributed by atoms with Crippen LogP contribution in [0.3, 0.4) is 0 Å². The highest BCUT2D eigenvalue weighted by atomic mass is 35.5. The van der Waals surface area contributed by atoms with Gasteiger partial charge in [0.2, 0.25) is 0 Å². The van der Waals surface area contributed by atoms with Crippen LogP contribution in [0.25, 0.3) is 12.2 Å². The molecule has 9 heteroatoms. The van der Waals surface area contributed by atoms with Crippen LogP contribution in [-0.2, 0) is 10.2 Å². The van der Waals surface area contributed by atoms with Gasteiger partial charge in [0.1, 0.15) is 4.90 Å². The lowest BCUT2D eigenvalue weighted by atomic mass is 10.1. The molecule has 0 spiro atoms. The van der Waals surface area contributed by atoms with Gasteiger partial charge in [0.25, 0.3) is 5.69 Å². The molecule has 2 aromatic carbocycles. The number of non-ortho nitro benzene ring substituents is 1. The van der Waals surface area contributed by atoms with E-state index in [9.17, 15) is 22.4 Å². The largest absolute Gasteiger partial charge is 0.333 e. The molecule has 0 fully saturated rings. The number of hydrogen-bond donors (Lipinski definition) is 0. The Labute approximate surface area is 153 Å². The van der Waals surface area contributed by atoms with Gasteiger partial charge in [-0.1, -0.05) is 53.6 Å². The molecule has 0 unspecified atom stereocenters. The van der Waals surface area contributed by atoms with Crippen LogP contribution in [0.15, 0.2) is 53.4 Å². The van der Waals surface area contributed by atoms with Crippen LogP contribution >= 0.6 is 23.2 Å². The third-order valence-corrected chi connectivity index (χ3v) is 4.72. The van der Waals surface area contributed by atoms with E-state index >= 15 is 0 Å². The summed E-state index contributed by atoms with van der Waals surface area (Å²) in [5.41, 5.74) is 0.888. The Morgan fingerprint density at radius 3 is 2.28 bits per heavy atom. The minimum Gasteiger partial charge on any atom is -0.258 e. The van der Waals surface area contributed by atoms with Crippen molar-refractivity contribution in [1.82, 2.24) is 0 Å². The quantitative estimate of drug-likeness (QED) is 0.295. The molecular formula is C16H10Cl2FNO4S. The number of benzene rings is 2. The smallest absolute Gasteiger partial charge is 0.258 e. The minimum atomic E-state index is -4.90. The molecule has 25 heavy (non-hydrogen) atoms. The van der Waals surface area contributed by atoms with Gasteiger partial charge < -0.3 is 0 Å². The fourth-order valence-corrected chi connectivity index (χ4v) is 3.11. The van der Waals surface area contributed by atoms with E-state index in [1.165, 1.54) is 30.3 Å². The van der Waals surface area contributed by atoms with Crippen molar-refractivity contribution in [2.75, 3.05) is 0 Å². The summed E-state index contributed by atoms with van der Waals surface area (Å²) in [6.07, 6.45) is 6.34. The number of rotatable bonds is 5. The standard InChI is InChI=1S/C16H10Cl2FNO4S/c17-14-8-5-11(9-16(14)25(19,23)24)3-1-2-4-12-6-7-13(20(21)22)10-15(12)18/h1-10H. The summed E-state index contributed by atoms with van der Waals surface area (Å²) in [5.74, 6) is 0. The van der Waals surface area contributed by atoms with Crippen molar-refractivity contribution in [3.63, 3.8) is 0 Å². The molecule has 5 nitrogen and oxygen atoms in total. The summed E-state index contributed by atoms with van der Waals surface area (Å²) in [7, 11) is -4.90. The monoisotopic (exact) mass is 401 g/mol. The van der Waals surface area contributed by atoms with E-state index in [1.54, 1.807) is 24.3 Å². The molecule has 0 N–H and O–H groups in total. The topological polar surface area (TPSA) is 77.3 Å². The fraction of sp³-hybridized carbons (Fsp3) is 0. The maximum atomic E-state index is 13.1. The number of nitrogens with zero attached hydrogens (tertiary/aromatic N) is 1. The zero-order chi connectivity index (χ0) is 18.6. The maximum absolute atomic E-state index is 13.1. The van der Waals surface area contributed by atoms with Crippen molar-refractivity contribution >= 4 is 51.3 Å². The van der Waals surface area contributed by atoms with E-state index < -0.39 is 20.0 Å². The van der Waals surface area contributed by atoms with Crippen LogP contribution in [0.4, 0.5) is 9.57 Å². The third-order valence-electron chi connectivity index (χ3n) is 3.09. The van der Waals surface area contributed by atoms with Crippen LogP contribution in [0, 0.1) is 10.1 Å². The van der Waals surface area contributed by atoms with Gasteiger partial charge in [-0.25, -0.2) is 0 Å². The Balaban J connectivity index is 2.19. The summed E-state index contributed by atoms with van der Waals surface area (Å²) in [6, 6.07) is 7.99. The highest BCUT2D eigenvalue weighted by Gasteiger charge is 2.16. The SMILES string of the molecule is O=[N+]([O-])c1ccc(C=CC=Cc2ccc(Cl)c(S(=O)(=O)F)c2)c(Cl)c1. The normalized spacial score (nSPS) is 12.1. The number of nitro benzene ring substituents is 1. The molecule has 0 saturated carbocycles. The summed E-state index contributed by atoms with van der Waals surface area (Å²) >= 11 is 11.6. The van der Waals surface area contributed by atoms with E-state index in [4.69, 9.17) is 23.2 Å². The molecule has 0 amide bonds. The first-order valence-electron chi connectivity index (χ1n) is 6.71. The zero-order valence-corrected chi connectivity index (χ0v) is 14.7. The molecule has 0 bridgehead atoms. The van der Waals surface area contributed by atoms with Gasteiger partial charge in [-0.2, -0.15) is 8.42 Å². The van der Waals surface area contributed by atoms with Crippen molar-refractivity contribution in [2.45, 2.75) is 4.90 Å². The van der Waals surface area contributed by atoms with Crippen LogP contribution in [0.2, 0.25) is 10.0 Å². The van der Waals surface area contributed by atoms with E-state index in [-0.39, 0.29) is 15.7 Å². The number of allylic oxidation sites excluding steroid dienone is 2. The van der Waals surface area contributed by atoms with Crippen LogP contribution in [-0.4, -0.2) is 13.3 Å². The molecule has 0 aliphatic rings. The average Bonchev–Trinajstić information content (AvgIpc) is 2.52. The summed E-state index contributed by atoms with van der Waals surface area (Å²) < 4.78 is 35.1. The van der Waals surface area contributed by atoms with Gasteiger partial charge in [-0.05, 0) is 29.3 Å². The second-order valence-corrected chi connectivity index (χ2v) is 6.94. The molecule has 0 aromatic heterocycles. The predicted molar refractivity (Wildman–Crippen MR) is 95.9 cm³/mol. The van der Waals surface area contributed by atoms with Gasteiger partial charge in [0.05, 0.1) is 15.0 Å². The summed E-state index contributed by atoms with van der Waals surface area (Å²) in [5, 5.41) is 10.7. The molecule has 0 radical (unpaired) electrons. The Hall–Kier alpha value is -2.22. The molecule has 130 valence electrons. The molecule has 0 aliphatic carbocycles. The molecule has 2 rings (SSSR count). The Bertz CT molecular complexity index is 988. The molecule has 0 atom stereocenters. The summed E-state index contributed by atoms with van der Waals surface area (Å²) in [4.78, 5) is 9.50. The van der Waals surface area contributed by atoms with Crippen LogP contribution in [0.5, 0.6) is 0 Å². The van der Waals surface area contributed by atoms with Crippen LogP contribution < -0.4 is 0 Å². The summed E-state index contributed by atoms with van der Waals surface area (Å²) in [6.45, 7) is 0. The molecule has 0 aliphatic heterocycles. The average molecular weight is 402 g/mol. The van der Waals surface area contributed by atoms with E-state index in [2.05, 4.69) is 0 Å². The van der Waals surface area contributed by atoms with Gasteiger partial charge in [-0.3, -0.25) is 10.1 Å². The first-order valence-corrected chi connectivity index (χ1v) is 8.85. The van der Waals surface area contributed by atoms with Crippen molar-refractivity contribution < 1.29 is 17.2 Å². The highest BCUT2D eigenvalue weighted by Crippen LogP contribution is 2.25. The van der Waals surface area contributed by atoms with Crippen LogP contribution in [0.1, 0.15) is 11.1 Å². The second-order valence-electron chi connectivity index (χ2n) is 4.81. The minimum absolute atomic E-state index is 0.112. The Morgan fingerprint density at radius 2 is 1.68 bits per heavy atom. The first kappa shape index (κ1) is 19.1. The lowest BCUT2D eigenvalue weighted by molar-refractivity contribution is -0.384. The Kier molecular flexibility index (Phi) is 5.94. The van der Waals surface area contributed by atoms with Crippen molar-refractivity contribution in [3.05, 3.63) is 79.8 Å². The number of hydrogen-bond acceptors (Lipinski definition) is 4. The fourth-order valence-electron chi connectivity index (χ4n) is 1.90. The van der Waals surface area contributed by atoms with E-state index in [0.717, 1.165) is 6.07 Å². The first-order chi connectivity index (χ1) is 11.7.